The smallest absolute Gasteiger partial charge is 0.0964 e. The zero-order chi connectivity index (χ0) is 34.7. The Balaban J connectivity index is 0.000000152. The van der Waals surface area contributed by atoms with E-state index in [2.05, 4.69) is 90.6 Å². The van der Waals surface area contributed by atoms with Crippen molar-refractivity contribution in [3.8, 4) is 11.4 Å². The molecule has 9 heteroatoms. The van der Waals surface area contributed by atoms with Crippen LogP contribution in [0, 0.1) is 0 Å². The van der Waals surface area contributed by atoms with Crippen LogP contribution in [0.15, 0.2) is 147 Å². The number of nitrogens with zero attached hydrogens (tertiary/aromatic N) is 8. The zero-order valence-corrected chi connectivity index (χ0v) is 30.7. The Labute approximate surface area is 311 Å². The van der Waals surface area contributed by atoms with Crippen LogP contribution in [0.1, 0.15) is 11.1 Å². The Kier molecular flexibility index (Phi) is 12.6. The Morgan fingerprint density at radius 1 is 0.392 bits per heavy atom. The van der Waals surface area contributed by atoms with Crippen LogP contribution in [-0.4, -0.2) is 67.9 Å². The summed E-state index contributed by atoms with van der Waals surface area (Å²) in [4.78, 5) is 30.3. The maximum Gasteiger partial charge on any atom is 0.0964 e. The fraction of sp³-hybridized carbons (Fsp3) is 0.0952. The van der Waals surface area contributed by atoms with Crippen molar-refractivity contribution in [2.45, 2.75) is 0 Å². The molecule has 0 aliphatic heterocycles. The molecule has 51 heavy (non-hydrogen) atoms. The molecule has 0 radical (unpaired) electrons. The summed E-state index contributed by atoms with van der Waals surface area (Å²) in [7, 11) is 8.00. The topological polar surface area (TPSA) is 83.8 Å². The van der Waals surface area contributed by atoms with Crippen LogP contribution in [0.2, 0.25) is 0 Å². The van der Waals surface area contributed by atoms with Gasteiger partial charge in [-0.1, -0.05) is 48.5 Å². The number of benzene rings is 2. The van der Waals surface area contributed by atoms with Gasteiger partial charge < -0.3 is 9.80 Å². The van der Waals surface area contributed by atoms with Gasteiger partial charge in [0.15, 0.2) is 0 Å². The number of pyridine rings is 6. The van der Waals surface area contributed by atoms with Crippen molar-refractivity contribution < 1.29 is 19.5 Å². The van der Waals surface area contributed by atoms with Crippen LogP contribution in [-0.2, 0) is 19.5 Å². The summed E-state index contributed by atoms with van der Waals surface area (Å²) < 4.78 is 0. The summed E-state index contributed by atoms with van der Waals surface area (Å²) in [6.45, 7) is 0. The molecular weight excluding hydrogens is 718 g/mol. The van der Waals surface area contributed by atoms with Crippen molar-refractivity contribution in [2.75, 3.05) is 28.2 Å². The minimum atomic E-state index is 0. The first-order valence-corrected chi connectivity index (χ1v) is 16.2. The molecule has 0 saturated heterocycles. The van der Waals surface area contributed by atoms with Gasteiger partial charge in [-0.3, -0.25) is 29.9 Å². The van der Waals surface area contributed by atoms with Gasteiger partial charge >= 0.3 is 0 Å². The molecule has 0 fully saturated rings. The van der Waals surface area contributed by atoms with Crippen LogP contribution in [0.3, 0.4) is 0 Å². The van der Waals surface area contributed by atoms with Crippen molar-refractivity contribution in [3.05, 3.63) is 158 Å². The molecule has 0 unspecified atom stereocenters. The average molecular weight is 756 g/mol. The van der Waals surface area contributed by atoms with E-state index in [1.807, 2.05) is 111 Å². The van der Waals surface area contributed by atoms with Crippen LogP contribution in [0.25, 0.3) is 67.2 Å². The van der Waals surface area contributed by atoms with Crippen molar-refractivity contribution >= 4 is 55.8 Å². The van der Waals surface area contributed by atoms with E-state index in [0.717, 1.165) is 66.1 Å². The summed E-state index contributed by atoms with van der Waals surface area (Å²) in [5, 5.41) is 4.55. The Bertz CT molecular complexity index is 2140. The number of rotatable bonds is 5. The molecule has 0 amide bonds. The van der Waals surface area contributed by atoms with Gasteiger partial charge in [0.2, 0.25) is 0 Å². The summed E-state index contributed by atoms with van der Waals surface area (Å²) in [5.74, 6) is 0. The Morgan fingerprint density at radius 2 is 0.706 bits per heavy atom. The van der Waals surface area contributed by atoms with Gasteiger partial charge in [-0.25, -0.2) is 0 Å². The fourth-order valence-corrected chi connectivity index (χ4v) is 5.21. The van der Waals surface area contributed by atoms with Crippen molar-refractivity contribution in [2.24, 2.45) is 0 Å². The van der Waals surface area contributed by atoms with E-state index in [4.69, 9.17) is 0 Å². The second kappa shape index (κ2) is 17.7. The molecular formula is C42H38N8Ru. The minimum Gasteiger partial charge on any atom is -0.383 e. The van der Waals surface area contributed by atoms with Gasteiger partial charge in [0.25, 0.3) is 0 Å². The molecule has 6 aromatic heterocycles. The maximum absolute atomic E-state index is 4.43. The quantitative estimate of drug-likeness (QED) is 0.127. The van der Waals surface area contributed by atoms with E-state index in [9.17, 15) is 0 Å². The van der Waals surface area contributed by atoms with Gasteiger partial charge in [-0.05, 0) is 84.2 Å². The van der Waals surface area contributed by atoms with Gasteiger partial charge in [0, 0.05) is 106 Å². The van der Waals surface area contributed by atoms with Crippen molar-refractivity contribution in [1.29, 1.82) is 0 Å². The third kappa shape index (κ3) is 9.62. The summed E-state index contributed by atoms with van der Waals surface area (Å²) in [6, 6.07) is 32.3. The average Bonchev–Trinajstić information content (AvgIpc) is 3.17. The minimum absolute atomic E-state index is 0. The molecule has 2 aromatic carbocycles. The number of aromatic nitrogens is 6. The first-order valence-electron chi connectivity index (χ1n) is 16.2. The normalized spacial score (nSPS) is 10.8. The molecule has 0 spiro atoms. The van der Waals surface area contributed by atoms with Crippen LogP contribution < -0.4 is 0 Å². The Hall–Kier alpha value is -5.92. The molecule has 0 atom stereocenters. The second-order valence-electron chi connectivity index (χ2n) is 11.9. The summed E-state index contributed by atoms with van der Waals surface area (Å²) in [5.41, 5.74) is 7.87. The fourth-order valence-electron chi connectivity index (χ4n) is 5.21. The third-order valence-electron chi connectivity index (χ3n) is 7.65. The van der Waals surface area contributed by atoms with E-state index < -0.39 is 0 Å². The van der Waals surface area contributed by atoms with E-state index in [1.165, 1.54) is 0 Å². The van der Waals surface area contributed by atoms with Crippen LogP contribution in [0.4, 0.5) is 0 Å². The molecule has 0 aliphatic carbocycles. The molecule has 8 rings (SSSR count). The van der Waals surface area contributed by atoms with Gasteiger partial charge in [-0.2, -0.15) is 0 Å². The number of hydrogen-bond donors (Lipinski definition) is 0. The van der Waals surface area contributed by atoms with Gasteiger partial charge in [-0.15, -0.1) is 0 Å². The van der Waals surface area contributed by atoms with Crippen LogP contribution in [0.5, 0.6) is 0 Å². The number of fused-ring (bicyclic) bond motifs is 6. The molecule has 0 saturated carbocycles. The third-order valence-corrected chi connectivity index (χ3v) is 7.65. The molecule has 0 bridgehead atoms. The van der Waals surface area contributed by atoms with E-state index >= 15 is 0 Å². The second-order valence-corrected chi connectivity index (χ2v) is 11.9. The first kappa shape index (κ1) is 36.4. The van der Waals surface area contributed by atoms with Crippen LogP contribution >= 0.6 is 0 Å². The molecule has 6 heterocycles. The summed E-state index contributed by atoms with van der Waals surface area (Å²) in [6.07, 6.45) is 19.0. The first-order chi connectivity index (χ1) is 24.4. The maximum atomic E-state index is 4.43. The molecule has 0 N–H and O–H groups in total. The monoisotopic (exact) mass is 756 g/mol. The Morgan fingerprint density at radius 3 is 1.00 bits per heavy atom. The van der Waals surface area contributed by atoms with Crippen molar-refractivity contribution in [1.82, 2.24) is 39.7 Å². The predicted molar refractivity (Wildman–Crippen MR) is 207 cm³/mol. The molecule has 8 aromatic rings. The largest absolute Gasteiger partial charge is 0.383 e. The SMILES string of the molecule is CN(C)/C=C/c1ccnc(-c2cc(/C=C/N(C)C)ccn2)c1.[Ru].c1cnc2c(c1)ccc1cccnc12.c1cnc2c(c1)ccc1cccnc12. The van der Waals surface area contributed by atoms with Crippen molar-refractivity contribution in [3.63, 3.8) is 0 Å². The standard InChI is InChI=1S/C18H22N4.2C12H8N2.Ru/c1-21(2)11-7-15-5-9-19-17(13-15)18-14-16(6-10-20-18)8-12-22(3)4;2*1-3-9-5-6-10-4-2-8-14-12(10)11(9)13-7-1;/h5-14H,1-4H3;2*1-8H;/b11-7+,12-8+;;;. The predicted octanol–water partition coefficient (Wildman–Crippen LogP) is 8.77. The van der Waals surface area contributed by atoms with Gasteiger partial charge in [0.1, 0.15) is 0 Å². The number of hydrogen-bond acceptors (Lipinski definition) is 8. The van der Waals surface area contributed by atoms with E-state index in [0.29, 0.717) is 0 Å². The molecule has 254 valence electrons. The van der Waals surface area contributed by atoms with E-state index in [-0.39, 0.29) is 19.5 Å². The molecule has 0 aliphatic rings. The summed E-state index contributed by atoms with van der Waals surface area (Å²) >= 11 is 0. The zero-order valence-electron chi connectivity index (χ0n) is 28.9. The van der Waals surface area contributed by atoms with E-state index in [1.54, 1.807) is 24.8 Å². The van der Waals surface area contributed by atoms with Gasteiger partial charge in [0.05, 0.1) is 33.5 Å². The molecule has 8 nitrogen and oxygen atoms in total.